The Hall–Kier alpha value is -3.56. The van der Waals surface area contributed by atoms with Crippen LogP contribution >= 0.6 is 11.6 Å². The largest absolute Gasteiger partial charge is 0.495 e. The third kappa shape index (κ3) is 8.49. The molecular formula is C32H40ClN3O5S. The van der Waals surface area contributed by atoms with Crippen LogP contribution in [0.5, 0.6) is 5.75 Å². The molecule has 10 heteroatoms. The molecule has 0 aliphatic heterocycles. The number of benzene rings is 3. The first-order chi connectivity index (χ1) is 19.8. The van der Waals surface area contributed by atoms with Crippen molar-refractivity contribution >= 4 is 39.1 Å². The summed E-state index contributed by atoms with van der Waals surface area (Å²) < 4.78 is 34.3. The van der Waals surface area contributed by atoms with Gasteiger partial charge in [-0.25, -0.2) is 8.42 Å². The Bertz CT molecular complexity index is 1470. The summed E-state index contributed by atoms with van der Waals surface area (Å²) in [6.07, 6.45) is 0.840. The van der Waals surface area contributed by atoms with Gasteiger partial charge in [-0.2, -0.15) is 0 Å². The number of methoxy groups -OCH3 is 1. The molecule has 0 unspecified atom stereocenters. The van der Waals surface area contributed by atoms with E-state index in [1.807, 2.05) is 65.0 Å². The van der Waals surface area contributed by atoms with E-state index in [1.54, 1.807) is 24.3 Å². The summed E-state index contributed by atoms with van der Waals surface area (Å²) in [5.74, 6) is -0.440. The Labute approximate surface area is 254 Å². The number of anilines is 1. The maximum Gasteiger partial charge on any atom is 0.264 e. The van der Waals surface area contributed by atoms with Gasteiger partial charge in [-0.05, 0) is 76.4 Å². The summed E-state index contributed by atoms with van der Waals surface area (Å²) in [4.78, 5) is 29.1. The number of rotatable bonds is 12. The molecule has 0 aliphatic rings. The Balaban J connectivity index is 2.06. The summed E-state index contributed by atoms with van der Waals surface area (Å²) >= 11 is 6.39. The lowest BCUT2D eigenvalue weighted by atomic mass is 10.1. The highest BCUT2D eigenvalue weighted by Crippen LogP contribution is 2.32. The van der Waals surface area contributed by atoms with E-state index < -0.39 is 34.1 Å². The minimum Gasteiger partial charge on any atom is -0.495 e. The number of aryl methyl sites for hydroxylation is 1. The first-order valence-corrected chi connectivity index (χ1v) is 15.7. The smallest absolute Gasteiger partial charge is 0.264 e. The van der Waals surface area contributed by atoms with E-state index in [2.05, 4.69) is 5.32 Å². The second-order valence-electron chi connectivity index (χ2n) is 11.1. The Kier molecular flexibility index (Phi) is 11.0. The Morgan fingerprint density at radius 3 is 2.19 bits per heavy atom. The van der Waals surface area contributed by atoms with Gasteiger partial charge in [-0.1, -0.05) is 66.6 Å². The Morgan fingerprint density at radius 1 is 1.00 bits per heavy atom. The van der Waals surface area contributed by atoms with Crippen LogP contribution in [0.15, 0.2) is 77.7 Å². The molecule has 8 nitrogen and oxygen atoms in total. The first-order valence-electron chi connectivity index (χ1n) is 13.8. The number of nitrogens with one attached hydrogen (secondary N) is 1. The van der Waals surface area contributed by atoms with Gasteiger partial charge < -0.3 is 15.0 Å². The van der Waals surface area contributed by atoms with Gasteiger partial charge in [0.05, 0.1) is 22.7 Å². The maximum absolute atomic E-state index is 14.1. The molecule has 0 saturated heterocycles. The van der Waals surface area contributed by atoms with E-state index in [0.717, 1.165) is 15.4 Å². The number of nitrogens with zero attached hydrogens (tertiary/aromatic N) is 2. The van der Waals surface area contributed by atoms with Crippen LogP contribution in [0.3, 0.4) is 0 Å². The van der Waals surface area contributed by atoms with Crippen molar-refractivity contribution in [3.05, 3.63) is 88.9 Å². The number of ether oxygens (including phenoxy) is 1. The minimum absolute atomic E-state index is 0.0289. The summed E-state index contributed by atoms with van der Waals surface area (Å²) in [6.45, 7) is 9.00. The first kappa shape index (κ1) is 32.9. The van der Waals surface area contributed by atoms with Gasteiger partial charge in [0.1, 0.15) is 18.3 Å². The molecule has 0 fully saturated rings. The van der Waals surface area contributed by atoms with Crippen LogP contribution in [0.1, 0.15) is 45.2 Å². The van der Waals surface area contributed by atoms with Gasteiger partial charge in [0.25, 0.3) is 10.0 Å². The average molecular weight is 614 g/mol. The van der Waals surface area contributed by atoms with Gasteiger partial charge in [0.2, 0.25) is 11.8 Å². The highest BCUT2D eigenvalue weighted by Gasteiger charge is 2.34. The highest BCUT2D eigenvalue weighted by molar-refractivity contribution is 7.92. The van der Waals surface area contributed by atoms with E-state index in [9.17, 15) is 18.0 Å². The summed E-state index contributed by atoms with van der Waals surface area (Å²) in [5.41, 5.74) is 1.57. The second-order valence-corrected chi connectivity index (χ2v) is 13.4. The lowest BCUT2D eigenvalue weighted by Gasteiger charge is -2.34. The predicted octanol–water partition coefficient (Wildman–Crippen LogP) is 5.62. The lowest BCUT2D eigenvalue weighted by molar-refractivity contribution is -0.140. The standard InChI is InChI=1S/C32H40ClN3O5S/c1-7-28(31(38)34-32(3,4)5)35(20-19-24-11-9-8-10-12-24)30(37)22-36(25-15-18-29(41-6)27(33)21-25)42(39,40)26-16-13-23(2)14-17-26/h8-18,21,28H,7,19-20,22H2,1-6H3,(H,34,38)/t28-/m1/s1. The van der Waals surface area contributed by atoms with Crippen LogP contribution in [0, 0.1) is 6.92 Å². The molecule has 3 rings (SSSR count). The van der Waals surface area contributed by atoms with Crippen molar-refractivity contribution < 1.29 is 22.7 Å². The Morgan fingerprint density at radius 2 is 1.64 bits per heavy atom. The number of sulfonamides is 1. The molecule has 3 aromatic carbocycles. The van der Waals surface area contributed by atoms with Gasteiger partial charge >= 0.3 is 0 Å². The molecule has 1 atom stereocenters. The number of hydrogen-bond acceptors (Lipinski definition) is 5. The third-order valence-corrected chi connectivity index (χ3v) is 8.76. The van der Waals surface area contributed by atoms with Crippen LogP contribution < -0.4 is 14.4 Å². The van der Waals surface area contributed by atoms with Crippen LogP contribution in [-0.4, -0.2) is 56.9 Å². The van der Waals surface area contributed by atoms with Crippen molar-refractivity contribution in [2.45, 2.75) is 63.9 Å². The third-order valence-electron chi connectivity index (χ3n) is 6.68. The van der Waals surface area contributed by atoms with E-state index in [1.165, 1.54) is 30.2 Å². The fourth-order valence-corrected chi connectivity index (χ4v) is 6.18. The van der Waals surface area contributed by atoms with E-state index in [0.29, 0.717) is 18.6 Å². The minimum atomic E-state index is -4.20. The van der Waals surface area contributed by atoms with Gasteiger partial charge in [0.15, 0.2) is 0 Å². The van der Waals surface area contributed by atoms with Crippen LogP contribution in [-0.2, 0) is 26.0 Å². The monoisotopic (exact) mass is 613 g/mol. The normalized spacial score (nSPS) is 12.4. The van der Waals surface area contributed by atoms with E-state index in [-0.39, 0.29) is 28.1 Å². The number of hydrogen-bond donors (Lipinski definition) is 1. The number of carbonyl (C=O) groups is 2. The zero-order valence-electron chi connectivity index (χ0n) is 25.1. The van der Waals surface area contributed by atoms with Crippen molar-refractivity contribution in [3.63, 3.8) is 0 Å². The molecule has 1 N–H and O–H groups in total. The summed E-state index contributed by atoms with van der Waals surface area (Å²) in [5, 5.41) is 3.17. The van der Waals surface area contributed by atoms with Crippen molar-refractivity contribution in [2.24, 2.45) is 0 Å². The molecule has 3 aromatic rings. The molecule has 0 aromatic heterocycles. The van der Waals surface area contributed by atoms with Crippen LogP contribution in [0.2, 0.25) is 5.02 Å². The molecule has 42 heavy (non-hydrogen) atoms. The van der Waals surface area contributed by atoms with Crippen molar-refractivity contribution in [1.29, 1.82) is 0 Å². The van der Waals surface area contributed by atoms with Crippen LogP contribution in [0.4, 0.5) is 5.69 Å². The fourth-order valence-electron chi connectivity index (χ4n) is 4.53. The zero-order chi connectivity index (χ0) is 31.1. The lowest BCUT2D eigenvalue weighted by Crippen LogP contribution is -2.56. The molecule has 0 spiro atoms. The number of carbonyl (C=O) groups excluding carboxylic acids is 2. The zero-order valence-corrected chi connectivity index (χ0v) is 26.6. The maximum atomic E-state index is 14.1. The fraction of sp³-hybridized carbons (Fsp3) is 0.375. The van der Waals surface area contributed by atoms with Crippen molar-refractivity contribution in [2.75, 3.05) is 24.5 Å². The predicted molar refractivity (Wildman–Crippen MR) is 168 cm³/mol. The summed E-state index contributed by atoms with van der Waals surface area (Å²) in [6, 6.07) is 19.8. The van der Waals surface area contributed by atoms with Crippen molar-refractivity contribution in [1.82, 2.24) is 10.2 Å². The molecule has 2 amide bonds. The number of amides is 2. The van der Waals surface area contributed by atoms with Crippen LogP contribution in [0.25, 0.3) is 0 Å². The van der Waals surface area contributed by atoms with E-state index in [4.69, 9.17) is 16.3 Å². The average Bonchev–Trinajstić information content (AvgIpc) is 2.93. The SMILES string of the molecule is CC[C@H](C(=O)NC(C)(C)C)N(CCc1ccccc1)C(=O)CN(c1ccc(OC)c(Cl)c1)S(=O)(=O)c1ccc(C)cc1. The molecular weight excluding hydrogens is 574 g/mol. The highest BCUT2D eigenvalue weighted by atomic mass is 35.5. The van der Waals surface area contributed by atoms with Gasteiger partial charge in [-0.15, -0.1) is 0 Å². The van der Waals surface area contributed by atoms with Crippen molar-refractivity contribution in [3.8, 4) is 5.75 Å². The van der Waals surface area contributed by atoms with Gasteiger partial charge in [0, 0.05) is 12.1 Å². The second kappa shape index (κ2) is 14.1. The molecule has 0 bridgehead atoms. The molecule has 226 valence electrons. The van der Waals surface area contributed by atoms with Gasteiger partial charge in [-0.3, -0.25) is 13.9 Å². The quantitative estimate of drug-likeness (QED) is 0.286. The number of halogens is 1. The molecule has 0 aliphatic carbocycles. The topological polar surface area (TPSA) is 96.0 Å². The summed E-state index contributed by atoms with van der Waals surface area (Å²) in [7, 11) is -2.74. The van der Waals surface area contributed by atoms with E-state index >= 15 is 0 Å². The molecule has 0 radical (unpaired) electrons. The molecule has 0 saturated carbocycles. The molecule has 0 heterocycles.